The molecule has 96 valence electrons. The van der Waals surface area contributed by atoms with Crippen LogP contribution >= 0.6 is 0 Å². The van der Waals surface area contributed by atoms with Gasteiger partial charge in [-0.25, -0.2) is 8.42 Å². The van der Waals surface area contributed by atoms with Gasteiger partial charge >= 0.3 is 0 Å². The third-order valence-corrected chi connectivity index (χ3v) is 5.37. The molecule has 6 heteroatoms. The van der Waals surface area contributed by atoms with Gasteiger partial charge in [0.15, 0.2) is 0 Å². The zero-order chi connectivity index (χ0) is 12.3. The van der Waals surface area contributed by atoms with Crippen molar-refractivity contribution < 1.29 is 8.42 Å². The van der Waals surface area contributed by atoms with E-state index in [-0.39, 0.29) is 10.9 Å². The predicted molar refractivity (Wildman–Crippen MR) is 65.0 cm³/mol. The number of aromatic amines is 1. The van der Waals surface area contributed by atoms with Gasteiger partial charge in [0.1, 0.15) is 4.90 Å². The van der Waals surface area contributed by atoms with Gasteiger partial charge in [-0.2, -0.15) is 9.40 Å². The molecule has 2 rings (SSSR count). The predicted octanol–water partition coefficient (Wildman–Crippen LogP) is 1.75. The molecule has 1 aliphatic rings. The second-order valence-electron chi connectivity index (χ2n) is 4.43. The number of nitrogens with one attached hydrogen (secondary N) is 1. The van der Waals surface area contributed by atoms with Gasteiger partial charge in [0.05, 0.1) is 6.20 Å². The maximum atomic E-state index is 12.4. The van der Waals surface area contributed by atoms with Crippen molar-refractivity contribution in [3.05, 3.63) is 12.4 Å². The van der Waals surface area contributed by atoms with Crippen molar-refractivity contribution in [2.45, 2.75) is 50.0 Å². The number of nitrogens with zero attached hydrogens (tertiary/aromatic N) is 2. The summed E-state index contributed by atoms with van der Waals surface area (Å²) in [5.74, 6) is 0. The molecule has 0 aromatic carbocycles. The second kappa shape index (κ2) is 5.18. The molecule has 1 aromatic rings. The van der Waals surface area contributed by atoms with Crippen LogP contribution < -0.4 is 0 Å². The number of rotatable bonds is 4. The Labute approximate surface area is 102 Å². The van der Waals surface area contributed by atoms with E-state index < -0.39 is 10.0 Å². The lowest BCUT2D eigenvalue weighted by molar-refractivity contribution is 0.261. The van der Waals surface area contributed by atoms with E-state index in [0.29, 0.717) is 6.54 Å². The Morgan fingerprint density at radius 2 is 2.12 bits per heavy atom. The van der Waals surface area contributed by atoms with E-state index in [0.717, 1.165) is 25.7 Å². The van der Waals surface area contributed by atoms with Crippen LogP contribution in [0.25, 0.3) is 0 Å². The van der Waals surface area contributed by atoms with Crippen LogP contribution in [0.4, 0.5) is 0 Å². The molecule has 0 spiro atoms. The van der Waals surface area contributed by atoms with Gasteiger partial charge in [-0.3, -0.25) is 5.10 Å². The molecule has 1 saturated carbocycles. The molecule has 1 heterocycles. The van der Waals surface area contributed by atoms with Crippen LogP contribution in [0.5, 0.6) is 0 Å². The number of hydrogen-bond acceptors (Lipinski definition) is 3. The minimum absolute atomic E-state index is 0.161. The highest BCUT2D eigenvalue weighted by atomic mass is 32.2. The van der Waals surface area contributed by atoms with Gasteiger partial charge < -0.3 is 0 Å². The first-order chi connectivity index (χ1) is 8.16. The van der Waals surface area contributed by atoms with Crippen molar-refractivity contribution in [3.8, 4) is 0 Å². The summed E-state index contributed by atoms with van der Waals surface area (Å²) in [6.45, 7) is 2.42. The maximum absolute atomic E-state index is 12.4. The van der Waals surface area contributed by atoms with Crippen molar-refractivity contribution in [1.29, 1.82) is 0 Å². The lowest BCUT2D eigenvalue weighted by Crippen LogP contribution is -2.41. The molecule has 0 atom stereocenters. The summed E-state index contributed by atoms with van der Waals surface area (Å²) in [6, 6.07) is 0.161. The van der Waals surface area contributed by atoms with Crippen molar-refractivity contribution in [2.75, 3.05) is 6.54 Å². The molecule has 0 bridgehead atoms. The molecular formula is C11H19N3O2S. The first-order valence-corrected chi connectivity index (χ1v) is 7.61. The molecule has 1 aromatic heterocycles. The molecule has 0 amide bonds. The highest BCUT2D eigenvalue weighted by molar-refractivity contribution is 7.89. The molecule has 1 aliphatic carbocycles. The van der Waals surface area contributed by atoms with Crippen LogP contribution in [0, 0.1) is 0 Å². The smallest absolute Gasteiger partial charge is 0.246 e. The Morgan fingerprint density at radius 1 is 1.41 bits per heavy atom. The van der Waals surface area contributed by atoms with E-state index in [2.05, 4.69) is 10.2 Å². The quantitative estimate of drug-likeness (QED) is 0.893. The zero-order valence-electron chi connectivity index (χ0n) is 10.1. The highest BCUT2D eigenvalue weighted by Gasteiger charge is 2.31. The molecule has 1 N–H and O–H groups in total. The summed E-state index contributed by atoms with van der Waals surface area (Å²) < 4.78 is 26.4. The van der Waals surface area contributed by atoms with Crippen LogP contribution in [0.2, 0.25) is 0 Å². The fourth-order valence-corrected chi connectivity index (χ4v) is 4.11. The largest absolute Gasteiger partial charge is 0.284 e. The number of H-pyrrole nitrogens is 1. The molecule has 17 heavy (non-hydrogen) atoms. The summed E-state index contributed by atoms with van der Waals surface area (Å²) in [5, 5.41) is 6.28. The van der Waals surface area contributed by atoms with E-state index in [4.69, 9.17) is 0 Å². The second-order valence-corrected chi connectivity index (χ2v) is 6.32. The van der Waals surface area contributed by atoms with Crippen LogP contribution in [-0.2, 0) is 10.0 Å². The molecule has 5 nitrogen and oxygen atoms in total. The van der Waals surface area contributed by atoms with Crippen molar-refractivity contribution in [1.82, 2.24) is 14.5 Å². The van der Waals surface area contributed by atoms with Crippen LogP contribution in [-0.4, -0.2) is 35.5 Å². The zero-order valence-corrected chi connectivity index (χ0v) is 10.9. The molecule has 0 unspecified atom stereocenters. The Kier molecular flexibility index (Phi) is 3.83. The summed E-state index contributed by atoms with van der Waals surface area (Å²) in [7, 11) is -3.37. The van der Waals surface area contributed by atoms with Crippen LogP contribution in [0.1, 0.15) is 39.0 Å². The Bertz CT molecular complexity index is 435. The molecule has 0 aliphatic heterocycles. The van der Waals surface area contributed by atoms with E-state index in [9.17, 15) is 8.42 Å². The van der Waals surface area contributed by atoms with Crippen LogP contribution in [0.15, 0.2) is 17.3 Å². The number of sulfonamides is 1. The fourth-order valence-electron chi connectivity index (χ4n) is 2.51. The van der Waals surface area contributed by atoms with E-state index in [1.165, 1.54) is 18.8 Å². The van der Waals surface area contributed by atoms with Crippen LogP contribution in [0.3, 0.4) is 0 Å². The number of aromatic nitrogens is 2. The lowest BCUT2D eigenvalue weighted by atomic mass is 9.95. The minimum atomic E-state index is -3.37. The Balaban J connectivity index is 2.23. The first-order valence-electron chi connectivity index (χ1n) is 6.17. The first kappa shape index (κ1) is 12.6. The van der Waals surface area contributed by atoms with E-state index >= 15 is 0 Å². The SMILES string of the molecule is CCN(C1CCCCC1)S(=O)(=O)c1cn[nH]c1. The standard InChI is InChI=1S/C11H19N3O2S/c1-2-14(10-6-4-3-5-7-10)17(15,16)11-8-12-13-9-11/h8-10H,2-7H2,1H3,(H,12,13). The van der Waals surface area contributed by atoms with Gasteiger partial charge in [-0.05, 0) is 12.8 Å². The van der Waals surface area contributed by atoms with Gasteiger partial charge in [-0.1, -0.05) is 26.2 Å². The molecule has 0 radical (unpaired) electrons. The number of hydrogen-bond donors (Lipinski definition) is 1. The fraction of sp³-hybridized carbons (Fsp3) is 0.727. The van der Waals surface area contributed by atoms with Gasteiger partial charge in [-0.15, -0.1) is 0 Å². The summed E-state index contributed by atoms with van der Waals surface area (Å²) in [6.07, 6.45) is 8.25. The molecular weight excluding hydrogens is 238 g/mol. The van der Waals surface area contributed by atoms with E-state index in [1.54, 1.807) is 4.31 Å². The van der Waals surface area contributed by atoms with Crippen molar-refractivity contribution in [3.63, 3.8) is 0 Å². The molecule has 0 saturated heterocycles. The monoisotopic (exact) mass is 257 g/mol. The van der Waals surface area contributed by atoms with E-state index in [1.807, 2.05) is 6.92 Å². The summed E-state index contributed by atoms with van der Waals surface area (Å²) in [4.78, 5) is 0.268. The Morgan fingerprint density at radius 3 is 2.65 bits per heavy atom. The van der Waals surface area contributed by atoms with Gasteiger partial charge in [0.25, 0.3) is 0 Å². The average Bonchev–Trinajstić information content (AvgIpc) is 2.85. The minimum Gasteiger partial charge on any atom is -0.284 e. The van der Waals surface area contributed by atoms with Crippen molar-refractivity contribution in [2.24, 2.45) is 0 Å². The third-order valence-electron chi connectivity index (χ3n) is 3.37. The van der Waals surface area contributed by atoms with Gasteiger partial charge in [0.2, 0.25) is 10.0 Å². The Hall–Kier alpha value is -0.880. The topological polar surface area (TPSA) is 66.1 Å². The maximum Gasteiger partial charge on any atom is 0.246 e. The summed E-state index contributed by atoms with van der Waals surface area (Å²) in [5.41, 5.74) is 0. The van der Waals surface area contributed by atoms with Crippen molar-refractivity contribution >= 4 is 10.0 Å². The third kappa shape index (κ3) is 2.52. The van der Waals surface area contributed by atoms with Gasteiger partial charge in [0, 0.05) is 18.8 Å². The average molecular weight is 257 g/mol. The lowest BCUT2D eigenvalue weighted by Gasteiger charge is -2.32. The summed E-state index contributed by atoms with van der Waals surface area (Å²) >= 11 is 0. The normalized spacial score (nSPS) is 18.7. The molecule has 1 fully saturated rings. The highest BCUT2D eigenvalue weighted by Crippen LogP contribution is 2.27.